The van der Waals surface area contributed by atoms with E-state index in [2.05, 4.69) is 31.2 Å². The summed E-state index contributed by atoms with van der Waals surface area (Å²) in [5.41, 5.74) is 8.47. The fourth-order valence-corrected chi connectivity index (χ4v) is 2.94. The van der Waals surface area contributed by atoms with Crippen LogP contribution >= 0.6 is 0 Å². The minimum atomic E-state index is -0.851. The molecule has 1 amide bonds. The maximum atomic E-state index is 11.1. The lowest BCUT2D eigenvalue weighted by atomic mass is 9.88. The first-order valence-electron chi connectivity index (χ1n) is 8.38. The molecule has 2 atom stereocenters. The van der Waals surface area contributed by atoms with Gasteiger partial charge < -0.3 is 15.6 Å². The van der Waals surface area contributed by atoms with Crippen molar-refractivity contribution in [2.75, 3.05) is 6.61 Å². The van der Waals surface area contributed by atoms with Gasteiger partial charge in [0.1, 0.15) is 6.10 Å². The Bertz CT molecular complexity index is 625. The molecule has 4 nitrogen and oxygen atoms in total. The zero-order chi connectivity index (χ0) is 17.4. The number of nitrogens with two attached hydrogens (primary N) is 1. The minimum Gasteiger partial charge on any atom is -0.443 e. The van der Waals surface area contributed by atoms with Crippen LogP contribution in [-0.2, 0) is 4.74 Å². The molecule has 0 saturated carbocycles. The largest absolute Gasteiger partial charge is 0.443 e. The molecule has 0 radical (unpaired) electrons. The van der Waals surface area contributed by atoms with E-state index in [0.29, 0.717) is 0 Å². The molecule has 0 heterocycles. The molecule has 0 bridgehead atoms. The number of benzene rings is 2. The van der Waals surface area contributed by atoms with Gasteiger partial charge in [0.2, 0.25) is 0 Å². The Kier molecular flexibility index (Phi) is 6.82. The molecule has 0 saturated heterocycles. The normalized spacial score (nSPS) is 13.2. The lowest BCUT2D eigenvalue weighted by Crippen LogP contribution is -2.31. The van der Waals surface area contributed by atoms with E-state index in [1.54, 1.807) is 0 Å². The maximum Gasteiger partial charge on any atom is 0.404 e. The fraction of sp³-hybridized carbons (Fsp3) is 0.350. The van der Waals surface area contributed by atoms with Crippen LogP contribution in [0, 0.1) is 0 Å². The van der Waals surface area contributed by atoms with Crippen LogP contribution in [-0.4, -0.2) is 23.9 Å². The van der Waals surface area contributed by atoms with E-state index >= 15 is 0 Å². The number of unbranched alkanes of at least 4 members (excludes halogenated alkanes) is 1. The molecular weight excluding hydrogens is 302 g/mol. The summed E-state index contributed by atoms with van der Waals surface area (Å²) < 4.78 is 5.12. The molecule has 0 aromatic heterocycles. The van der Waals surface area contributed by atoms with Crippen molar-refractivity contribution in [1.29, 1.82) is 0 Å². The average molecular weight is 327 g/mol. The number of aliphatic hydroxyl groups excluding tert-OH is 1. The van der Waals surface area contributed by atoms with Gasteiger partial charge in [-0.05, 0) is 23.1 Å². The van der Waals surface area contributed by atoms with Crippen molar-refractivity contribution in [3.8, 4) is 11.1 Å². The van der Waals surface area contributed by atoms with E-state index < -0.39 is 12.2 Å². The molecule has 0 fully saturated rings. The number of carbonyl (C=O) groups excluding carboxylic acids is 1. The molecule has 4 heteroatoms. The van der Waals surface area contributed by atoms with Crippen molar-refractivity contribution in [2.24, 2.45) is 5.73 Å². The smallest absolute Gasteiger partial charge is 0.404 e. The van der Waals surface area contributed by atoms with Crippen LogP contribution in [0.2, 0.25) is 0 Å². The zero-order valence-electron chi connectivity index (χ0n) is 14.0. The number of rotatable bonds is 8. The van der Waals surface area contributed by atoms with Gasteiger partial charge in [0.05, 0.1) is 6.61 Å². The summed E-state index contributed by atoms with van der Waals surface area (Å²) >= 11 is 0. The van der Waals surface area contributed by atoms with Gasteiger partial charge in [0.25, 0.3) is 0 Å². The Morgan fingerprint density at radius 2 is 1.71 bits per heavy atom. The summed E-state index contributed by atoms with van der Waals surface area (Å²) in [5.74, 6) is -0.0627. The molecular formula is C20H25NO3. The number of carbonyl (C=O) groups is 1. The predicted molar refractivity (Wildman–Crippen MR) is 95.7 cm³/mol. The number of primary amides is 1. The second-order valence-electron chi connectivity index (χ2n) is 5.89. The molecule has 0 aliphatic rings. The van der Waals surface area contributed by atoms with Crippen molar-refractivity contribution in [2.45, 2.75) is 38.2 Å². The Morgan fingerprint density at radius 1 is 1.08 bits per heavy atom. The summed E-state index contributed by atoms with van der Waals surface area (Å²) in [6.07, 6.45) is 1.39. The summed E-state index contributed by atoms with van der Waals surface area (Å²) in [4.78, 5) is 11.1. The van der Waals surface area contributed by atoms with Gasteiger partial charge >= 0.3 is 6.09 Å². The SMILES string of the molecule is CCCCC(c1ccc(-c2ccccc2)cc1)C(CO)OC(N)=O. The third kappa shape index (κ3) is 4.83. The Balaban J connectivity index is 2.23. The zero-order valence-corrected chi connectivity index (χ0v) is 14.0. The molecule has 128 valence electrons. The monoisotopic (exact) mass is 327 g/mol. The van der Waals surface area contributed by atoms with Crippen LogP contribution in [0.15, 0.2) is 54.6 Å². The van der Waals surface area contributed by atoms with Gasteiger partial charge in [-0.1, -0.05) is 74.4 Å². The molecule has 0 spiro atoms. The summed E-state index contributed by atoms with van der Waals surface area (Å²) in [6.45, 7) is 1.87. The summed E-state index contributed by atoms with van der Waals surface area (Å²) in [6, 6.07) is 18.3. The molecule has 2 rings (SSSR count). The molecule has 24 heavy (non-hydrogen) atoms. The Morgan fingerprint density at radius 3 is 2.25 bits per heavy atom. The average Bonchev–Trinajstić information content (AvgIpc) is 2.62. The lowest BCUT2D eigenvalue weighted by Gasteiger charge is -2.25. The van der Waals surface area contributed by atoms with E-state index in [4.69, 9.17) is 10.5 Å². The van der Waals surface area contributed by atoms with Crippen LogP contribution in [0.5, 0.6) is 0 Å². The van der Waals surface area contributed by atoms with Crippen molar-refractivity contribution >= 4 is 6.09 Å². The van der Waals surface area contributed by atoms with Crippen LogP contribution in [0.1, 0.15) is 37.7 Å². The van der Waals surface area contributed by atoms with Crippen molar-refractivity contribution < 1.29 is 14.6 Å². The molecule has 2 aromatic carbocycles. The predicted octanol–water partition coefficient (Wildman–Crippen LogP) is 4.08. The maximum absolute atomic E-state index is 11.1. The highest BCUT2D eigenvalue weighted by atomic mass is 16.6. The highest BCUT2D eigenvalue weighted by Gasteiger charge is 2.25. The van der Waals surface area contributed by atoms with Crippen LogP contribution < -0.4 is 5.73 Å². The number of hydrogen-bond acceptors (Lipinski definition) is 3. The van der Waals surface area contributed by atoms with Gasteiger partial charge in [0.15, 0.2) is 0 Å². The van der Waals surface area contributed by atoms with Gasteiger partial charge in [-0.3, -0.25) is 0 Å². The summed E-state index contributed by atoms with van der Waals surface area (Å²) in [5, 5.41) is 9.61. The van der Waals surface area contributed by atoms with Crippen molar-refractivity contribution in [1.82, 2.24) is 0 Å². The van der Waals surface area contributed by atoms with Crippen molar-refractivity contribution in [3.05, 3.63) is 60.2 Å². The molecule has 2 aromatic rings. The van der Waals surface area contributed by atoms with Crippen molar-refractivity contribution in [3.63, 3.8) is 0 Å². The first-order valence-corrected chi connectivity index (χ1v) is 8.38. The lowest BCUT2D eigenvalue weighted by molar-refractivity contribution is 0.0443. The first-order chi connectivity index (χ1) is 11.7. The highest BCUT2D eigenvalue weighted by Crippen LogP contribution is 2.30. The van der Waals surface area contributed by atoms with Crippen LogP contribution in [0.4, 0.5) is 4.79 Å². The minimum absolute atomic E-state index is 0.0627. The van der Waals surface area contributed by atoms with E-state index in [9.17, 15) is 9.90 Å². The first kappa shape index (κ1) is 18.0. The number of amides is 1. The molecule has 0 aliphatic carbocycles. The summed E-state index contributed by atoms with van der Waals surface area (Å²) in [7, 11) is 0. The van der Waals surface area contributed by atoms with E-state index in [1.807, 2.05) is 30.3 Å². The Hall–Kier alpha value is -2.33. The Labute approximate surface area is 143 Å². The highest BCUT2D eigenvalue weighted by molar-refractivity contribution is 5.65. The van der Waals surface area contributed by atoms with Crippen LogP contribution in [0.3, 0.4) is 0 Å². The number of ether oxygens (including phenoxy) is 1. The third-order valence-electron chi connectivity index (χ3n) is 4.21. The van der Waals surface area contributed by atoms with Gasteiger partial charge in [-0.25, -0.2) is 4.79 Å². The molecule has 2 unspecified atom stereocenters. The van der Waals surface area contributed by atoms with E-state index in [1.165, 1.54) is 0 Å². The number of hydrogen-bond donors (Lipinski definition) is 2. The molecule has 0 aliphatic heterocycles. The van der Waals surface area contributed by atoms with Gasteiger partial charge in [-0.2, -0.15) is 0 Å². The topological polar surface area (TPSA) is 72.6 Å². The second-order valence-corrected chi connectivity index (χ2v) is 5.89. The second kappa shape index (κ2) is 9.08. The van der Waals surface area contributed by atoms with E-state index in [-0.39, 0.29) is 12.5 Å². The van der Waals surface area contributed by atoms with Crippen LogP contribution in [0.25, 0.3) is 11.1 Å². The number of aliphatic hydroxyl groups is 1. The van der Waals surface area contributed by atoms with Gasteiger partial charge in [0, 0.05) is 5.92 Å². The molecule has 3 N–H and O–H groups in total. The third-order valence-corrected chi connectivity index (χ3v) is 4.21. The fourth-order valence-electron chi connectivity index (χ4n) is 2.94. The standard InChI is InChI=1S/C20H25NO3/c1-2-3-9-18(19(14-22)24-20(21)23)17-12-10-16(11-13-17)15-7-5-4-6-8-15/h4-8,10-13,18-19,22H,2-3,9,14H2,1H3,(H2,21,23). The quantitative estimate of drug-likeness (QED) is 0.767. The van der Waals surface area contributed by atoms with Gasteiger partial charge in [-0.15, -0.1) is 0 Å². The van der Waals surface area contributed by atoms with E-state index in [0.717, 1.165) is 36.0 Å².